The van der Waals surface area contributed by atoms with Crippen molar-refractivity contribution in [2.75, 3.05) is 7.11 Å². The largest absolute Gasteiger partial charge is 0.504 e. The van der Waals surface area contributed by atoms with Crippen LogP contribution in [-0.4, -0.2) is 18.2 Å². The number of esters is 1. The number of aryl methyl sites for hydroxylation is 2. The second kappa shape index (κ2) is 8.00. The predicted octanol–water partition coefficient (Wildman–Crippen LogP) is 3.88. The summed E-state index contributed by atoms with van der Waals surface area (Å²) >= 11 is 0. The van der Waals surface area contributed by atoms with Crippen molar-refractivity contribution in [2.24, 2.45) is 0 Å². The molecule has 0 spiro atoms. The Morgan fingerprint density at radius 2 is 1.96 bits per heavy atom. The minimum Gasteiger partial charge on any atom is -0.504 e. The molecule has 3 aromatic rings. The minimum absolute atomic E-state index is 0.0162. The molecule has 0 aliphatic heterocycles. The SMILES string of the molecule is COc1cc(/C=C/C(=O)OCc2cc(=O)oc3c(C)c(C)ccc23)ccc1O. The fraction of sp³-hybridized carbons (Fsp3) is 0.182. The number of rotatable bonds is 5. The maximum Gasteiger partial charge on any atom is 0.336 e. The van der Waals surface area contributed by atoms with Crippen LogP contribution >= 0.6 is 0 Å². The summed E-state index contributed by atoms with van der Waals surface area (Å²) in [5.74, 6) is -0.233. The normalized spacial score (nSPS) is 11.1. The van der Waals surface area contributed by atoms with Crippen LogP contribution in [0, 0.1) is 13.8 Å². The molecule has 0 aliphatic rings. The number of fused-ring (bicyclic) bond motifs is 1. The van der Waals surface area contributed by atoms with Gasteiger partial charge >= 0.3 is 11.6 Å². The van der Waals surface area contributed by atoms with Crippen molar-refractivity contribution in [3.8, 4) is 11.5 Å². The van der Waals surface area contributed by atoms with Crippen molar-refractivity contribution in [1.82, 2.24) is 0 Å². The Hall–Kier alpha value is -3.54. The third-order valence-electron chi connectivity index (χ3n) is 4.50. The second-order valence-electron chi connectivity index (χ2n) is 6.35. The second-order valence-corrected chi connectivity index (χ2v) is 6.35. The summed E-state index contributed by atoms with van der Waals surface area (Å²) in [5.41, 5.74) is 3.16. The quantitative estimate of drug-likeness (QED) is 0.411. The molecule has 0 amide bonds. The first kappa shape index (κ1) is 19.2. The first-order valence-electron chi connectivity index (χ1n) is 8.64. The first-order valence-corrected chi connectivity index (χ1v) is 8.64. The van der Waals surface area contributed by atoms with Gasteiger partial charge in [0.05, 0.1) is 7.11 Å². The van der Waals surface area contributed by atoms with Gasteiger partial charge in [0.1, 0.15) is 12.2 Å². The van der Waals surface area contributed by atoms with Gasteiger partial charge in [-0.25, -0.2) is 9.59 Å². The lowest BCUT2D eigenvalue weighted by Gasteiger charge is -2.09. The van der Waals surface area contributed by atoms with E-state index >= 15 is 0 Å². The molecule has 0 aliphatic carbocycles. The smallest absolute Gasteiger partial charge is 0.336 e. The van der Waals surface area contributed by atoms with Gasteiger partial charge < -0.3 is 19.0 Å². The highest BCUT2D eigenvalue weighted by atomic mass is 16.5. The topological polar surface area (TPSA) is 86.0 Å². The molecule has 0 fully saturated rings. The molecule has 0 atom stereocenters. The summed E-state index contributed by atoms with van der Waals surface area (Å²) in [6.07, 6.45) is 2.82. The van der Waals surface area contributed by atoms with Crippen molar-refractivity contribution in [2.45, 2.75) is 20.5 Å². The lowest BCUT2D eigenvalue weighted by molar-refractivity contribution is -0.138. The number of ether oxygens (including phenoxy) is 2. The van der Waals surface area contributed by atoms with Crippen LogP contribution in [0.3, 0.4) is 0 Å². The number of carbonyl (C=O) groups excluding carboxylic acids is 1. The molecular weight excluding hydrogens is 360 g/mol. The highest BCUT2D eigenvalue weighted by Crippen LogP contribution is 2.27. The van der Waals surface area contributed by atoms with Gasteiger partial charge in [-0.3, -0.25) is 0 Å². The molecule has 6 nitrogen and oxygen atoms in total. The van der Waals surface area contributed by atoms with Gasteiger partial charge in [0.2, 0.25) is 0 Å². The van der Waals surface area contributed by atoms with Crippen LogP contribution in [0.15, 0.2) is 51.7 Å². The zero-order valence-corrected chi connectivity index (χ0v) is 15.8. The number of phenolic OH excluding ortho intramolecular Hbond substituents is 1. The van der Waals surface area contributed by atoms with E-state index in [4.69, 9.17) is 13.9 Å². The van der Waals surface area contributed by atoms with E-state index in [2.05, 4.69) is 0 Å². The molecule has 0 bridgehead atoms. The average molecular weight is 380 g/mol. The lowest BCUT2D eigenvalue weighted by atomic mass is 10.0. The Balaban J connectivity index is 1.76. The van der Waals surface area contributed by atoms with Crippen LogP contribution in [-0.2, 0) is 16.1 Å². The van der Waals surface area contributed by atoms with Crippen molar-refractivity contribution in [3.05, 3.63) is 75.1 Å². The molecule has 28 heavy (non-hydrogen) atoms. The van der Waals surface area contributed by atoms with E-state index in [0.29, 0.717) is 22.5 Å². The molecule has 1 heterocycles. The third-order valence-corrected chi connectivity index (χ3v) is 4.50. The Kier molecular flexibility index (Phi) is 5.49. The van der Waals surface area contributed by atoms with Gasteiger partial charge in [-0.15, -0.1) is 0 Å². The van der Waals surface area contributed by atoms with Crippen LogP contribution in [0.4, 0.5) is 0 Å². The van der Waals surface area contributed by atoms with Crippen molar-refractivity contribution in [3.63, 3.8) is 0 Å². The van der Waals surface area contributed by atoms with Crippen LogP contribution in [0.25, 0.3) is 17.0 Å². The molecule has 1 N–H and O–H groups in total. The summed E-state index contributed by atoms with van der Waals surface area (Å²) in [6.45, 7) is 3.77. The molecule has 6 heteroatoms. The Morgan fingerprint density at radius 3 is 2.71 bits per heavy atom. The molecule has 1 aromatic heterocycles. The van der Waals surface area contributed by atoms with Crippen molar-refractivity contribution in [1.29, 1.82) is 0 Å². The fourth-order valence-electron chi connectivity index (χ4n) is 2.80. The first-order chi connectivity index (χ1) is 13.4. The summed E-state index contributed by atoms with van der Waals surface area (Å²) in [4.78, 5) is 23.9. The zero-order valence-electron chi connectivity index (χ0n) is 15.8. The number of carbonyl (C=O) groups is 1. The Labute approximate surface area is 161 Å². The predicted molar refractivity (Wildman–Crippen MR) is 105 cm³/mol. The fourth-order valence-corrected chi connectivity index (χ4v) is 2.80. The van der Waals surface area contributed by atoms with Gasteiger partial charge in [-0.1, -0.05) is 18.2 Å². The molecular formula is C22H20O6. The van der Waals surface area contributed by atoms with E-state index in [-0.39, 0.29) is 12.4 Å². The third kappa shape index (κ3) is 4.06. The zero-order chi connectivity index (χ0) is 20.3. The number of phenols is 1. The molecule has 0 saturated carbocycles. The van der Waals surface area contributed by atoms with Crippen molar-refractivity contribution < 1.29 is 23.8 Å². The van der Waals surface area contributed by atoms with E-state index in [1.54, 1.807) is 18.2 Å². The molecule has 144 valence electrons. The van der Waals surface area contributed by atoms with E-state index in [1.165, 1.54) is 25.3 Å². The Bertz CT molecular complexity index is 1120. The lowest BCUT2D eigenvalue weighted by Crippen LogP contribution is -2.06. The molecule has 2 aromatic carbocycles. The highest BCUT2D eigenvalue weighted by molar-refractivity contribution is 5.88. The number of hydrogen-bond donors (Lipinski definition) is 1. The average Bonchev–Trinajstić information content (AvgIpc) is 2.68. The Morgan fingerprint density at radius 1 is 1.18 bits per heavy atom. The van der Waals surface area contributed by atoms with E-state index < -0.39 is 11.6 Å². The van der Waals surface area contributed by atoms with Crippen LogP contribution < -0.4 is 10.4 Å². The minimum atomic E-state index is -0.558. The van der Waals surface area contributed by atoms with Crippen LogP contribution in [0.5, 0.6) is 11.5 Å². The van der Waals surface area contributed by atoms with Gasteiger partial charge in [0.15, 0.2) is 11.5 Å². The van der Waals surface area contributed by atoms with Gasteiger partial charge in [0.25, 0.3) is 0 Å². The number of hydrogen-bond acceptors (Lipinski definition) is 6. The molecule has 0 unspecified atom stereocenters. The van der Waals surface area contributed by atoms with E-state index in [9.17, 15) is 14.7 Å². The summed E-state index contributed by atoms with van der Waals surface area (Å²) in [5, 5.41) is 10.3. The number of aromatic hydroxyl groups is 1. The number of methoxy groups -OCH3 is 1. The highest BCUT2D eigenvalue weighted by Gasteiger charge is 2.11. The molecule has 0 saturated heterocycles. The van der Waals surface area contributed by atoms with E-state index in [1.807, 2.05) is 26.0 Å². The summed E-state index contributed by atoms with van der Waals surface area (Å²) in [7, 11) is 1.45. The van der Waals surface area contributed by atoms with Gasteiger partial charge in [-0.05, 0) is 48.7 Å². The maximum absolute atomic E-state index is 12.1. The molecule has 0 radical (unpaired) electrons. The van der Waals surface area contributed by atoms with Crippen LogP contribution in [0.2, 0.25) is 0 Å². The standard InChI is InChI=1S/C22H20O6/c1-13-4-7-17-16(11-21(25)28-22(17)14(13)2)12-27-20(24)9-6-15-5-8-18(23)19(10-15)26-3/h4-11,23H,12H2,1-3H3/b9-6+. The van der Waals surface area contributed by atoms with Crippen molar-refractivity contribution >= 4 is 23.0 Å². The monoisotopic (exact) mass is 380 g/mol. The molecule has 3 rings (SSSR count). The summed E-state index contributed by atoms with van der Waals surface area (Å²) < 4.78 is 15.6. The van der Waals surface area contributed by atoms with E-state index in [0.717, 1.165) is 16.5 Å². The van der Waals surface area contributed by atoms with Gasteiger partial charge in [0, 0.05) is 23.1 Å². The number of benzene rings is 2. The maximum atomic E-state index is 12.1. The summed E-state index contributed by atoms with van der Waals surface area (Å²) in [6, 6.07) is 9.83. The van der Waals surface area contributed by atoms with Gasteiger partial charge in [-0.2, -0.15) is 0 Å². The van der Waals surface area contributed by atoms with Crippen LogP contribution in [0.1, 0.15) is 22.3 Å².